The van der Waals surface area contributed by atoms with Crippen LogP contribution in [-0.2, 0) is 13.0 Å². The summed E-state index contributed by atoms with van der Waals surface area (Å²) in [5.41, 5.74) is 6.80. The van der Waals surface area contributed by atoms with Crippen LogP contribution in [0.3, 0.4) is 0 Å². The van der Waals surface area contributed by atoms with Gasteiger partial charge in [-0.15, -0.1) is 0 Å². The number of nitrogens with zero attached hydrogens (tertiary/aromatic N) is 1. The minimum Gasteiger partial charge on any atom is -0.485 e. The van der Waals surface area contributed by atoms with Crippen LogP contribution in [0.2, 0.25) is 5.02 Å². The van der Waals surface area contributed by atoms with E-state index in [9.17, 15) is 0 Å². The maximum absolute atomic E-state index is 5.98. The summed E-state index contributed by atoms with van der Waals surface area (Å²) in [6, 6.07) is 7.33. The number of hydrogen-bond acceptors (Lipinski definition) is 4. The summed E-state index contributed by atoms with van der Waals surface area (Å²) in [6.45, 7) is 2.29. The van der Waals surface area contributed by atoms with Gasteiger partial charge in [-0.2, -0.15) is 0 Å². The Morgan fingerprint density at radius 2 is 2.28 bits per heavy atom. The van der Waals surface area contributed by atoms with Crippen molar-refractivity contribution in [3.05, 3.63) is 46.8 Å². The predicted octanol–water partition coefficient (Wildman–Crippen LogP) is 2.80. The molecule has 2 aromatic rings. The third-order valence-electron chi connectivity index (χ3n) is 2.43. The molecular weight excluding hydrogens is 252 g/mol. The van der Waals surface area contributed by atoms with Gasteiger partial charge < -0.3 is 15.0 Å². The number of benzene rings is 1. The van der Waals surface area contributed by atoms with Gasteiger partial charge in [0.05, 0.1) is 6.20 Å². The molecule has 2 rings (SSSR count). The first-order chi connectivity index (χ1) is 8.65. The predicted molar refractivity (Wildman–Crippen MR) is 69.6 cm³/mol. The maximum atomic E-state index is 5.98. The summed E-state index contributed by atoms with van der Waals surface area (Å²) in [6.07, 6.45) is 2.30. The Labute approximate surface area is 111 Å². The second-order valence-corrected chi connectivity index (χ2v) is 4.64. The Bertz CT molecular complexity index is 498. The smallest absolute Gasteiger partial charge is 0.174 e. The topological polar surface area (TPSA) is 61.3 Å². The summed E-state index contributed by atoms with van der Waals surface area (Å²) < 4.78 is 10.7. The summed E-state index contributed by atoms with van der Waals surface area (Å²) in [5.74, 6) is 1.45. The van der Waals surface area contributed by atoms with E-state index in [4.69, 9.17) is 26.6 Å². The van der Waals surface area contributed by atoms with Gasteiger partial charge in [0.2, 0.25) is 0 Å². The zero-order chi connectivity index (χ0) is 13.0. The van der Waals surface area contributed by atoms with Crippen LogP contribution >= 0.6 is 11.6 Å². The Balaban J connectivity index is 2.10. The SMILES string of the molecule is CC(N)Cc1cc(Cl)ccc1OCc1ccno1. The summed E-state index contributed by atoms with van der Waals surface area (Å²) in [5, 5.41) is 4.30. The van der Waals surface area contributed by atoms with Crippen molar-refractivity contribution < 1.29 is 9.26 Å². The number of rotatable bonds is 5. The normalized spacial score (nSPS) is 12.4. The van der Waals surface area contributed by atoms with Gasteiger partial charge >= 0.3 is 0 Å². The number of hydrogen-bond donors (Lipinski definition) is 1. The average Bonchev–Trinajstić information content (AvgIpc) is 2.80. The minimum absolute atomic E-state index is 0.0519. The molecule has 2 N–H and O–H groups in total. The molecule has 0 saturated carbocycles. The van der Waals surface area contributed by atoms with Crippen molar-refractivity contribution in [3.63, 3.8) is 0 Å². The Hall–Kier alpha value is -1.52. The van der Waals surface area contributed by atoms with Gasteiger partial charge in [-0.25, -0.2) is 0 Å². The quantitative estimate of drug-likeness (QED) is 0.904. The van der Waals surface area contributed by atoms with Crippen LogP contribution < -0.4 is 10.5 Å². The fraction of sp³-hybridized carbons (Fsp3) is 0.308. The minimum atomic E-state index is 0.0519. The molecular formula is C13H15ClN2O2. The van der Waals surface area contributed by atoms with Gasteiger partial charge in [0.25, 0.3) is 0 Å². The summed E-state index contributed by atoms with van der Waals surface area (Å²) in [4.78, 5) is 0. The van der Waals surface area contributed by atoms with E-state index in [0.717, 1.165) is 11.3 Å². The standard InChI is InChI=1S/C13H15ClN2O2/c1-9(15)6-10-7-11(14)2-3-13(10)17-8-12-4-5-16-18-12/h2-5,7,9H,6,8,15H2,1H3. The van der Waals surface area contributed by atoms with Gasteiger partial charge in [-0.1, -0.05) is 16.8 Å². The molecule has 0 fully saturated rings. The lowest BCUT2D eigenvalue weighted by molar-refractivity contribution is 0.247. The molecule has 1 unspecified atom stereocenters. The molecule has 1 atom stereocenters. The fourth-order valence-electron chi connectivity index (χ4n) is 1.66. The molecule has 0 saturated heterocycles. The second kappa shape index (κ2) is 5.89. The Kier molecular flexibility index (Phi) is 4.23. The number of aromatic nitrogens is 1. The first-order valence-corrected chi connectivity index (χ1v) is 6.09. The number of ether oxygens (including phenoxy) is 1. The Morgan fingerprint density at radius 3 is 2.94 bits per heavy atom. The van der Waals surface area contributed by atoms with Gasteiger partial charge in [0.1, 0.15) is 12.4 Å². The summed E-state index contributed by atoms with van der Waals surface area (Å²) in [7, 11) is 0. The highest BCUT2D eigenvalue weighted by Gasteiger charge is 2.08. The van der Waals surface area contributed by atoms with Crippen LogP contribution in [0.5, 0.6) is 5.75 Å². The van der Waals surface area contributed by atoms with Crippen molar-refractivity contribution in [3.8, 4) is 5.75 Å². The van der Waals surface area contributed by atoms with Crippen molar-refractivity contribution in [2.45, 2.75) is 26.0 Å². The summed E-state index contributed by atoms with van der Waals surface area (Å²) >= 11 is 5.98. The monoisotopic (exact) mass is 266 g/mol. The van der Waals surface area contributed by atoms with Crippen molar-refractivity contribution in [1.29, 1.82) is 0 Å². The highest BCUT2D eigenvalue weighted by atomic mass is 35.5. The molecule has 18 heavy (non-hydrogen) atoms. The highest BCUT2D eigenvalue weighted by molar-refractivity contribution is 6.30. The molecule has 0 amide bonds. The van der Waals surface area contributed by atoms with E-state index in [2.05, 4.69) is 5.16 Å². The van der Waals surface area contributed by atoms with E-state index in [-0.39, 0.29) is 6.04 Å². The van der Waals surface area contributed by atoms with Crippen LogP contribution in [0, 0.1) is 0 Å². The van der Waals surface area contributed by atoms with Gasteiger partial charge in [-0.3, -0.25) is 0 Å². The maximum Gasteiger partial charge on any atom is 0.174 e. The Morgan fingerprint density at radius 1 is 1.44 bits per heavy atom. The molecule has 0 radical (unpaired) electrons. The molecule has 1 aromatic carbocycles. The van der Waals surface area contributed by atoms with Crippen molar-refractivity contribution >= 4 is 11.6 Å². The van der Waals surface area contributed by atoms with E-state index >= 15 is 0 Å². The average molecular weight is 267 g/mol. The van der Waals surface area contributed by atoms with Crippen molar-refractivity contribution in [2.75, 3.05) is 0 Å². The largest absolute Gasteiger partial charge is 0.485 e. The van der Waals surface area contributed by atoms with Gasteiger partial charge in [0, 0.05) is 17.1 Å². The number of halogens is 1. The second-order valence-electron chi connectivity index (χ2n) is 4.20. The van der Waals surface area contributed by atoms with E-state index in [0.29, 0.717) is 23.8 Å². The lowest BCUT2D eigenvalue weighted by Gasteiger charge is -2.12. The lowest BCUT2D eigenvalue weighted by Crippen LogP contribution is -2.18. The molecule has 0 aliphatic carbocycles. The fourth-order valence-corrected chi connectivity index (χ4v) is 1.86. The van der Waals surface area contributed by atoms with Gasteiger partial charge in [-0.05, 0) is 37.1 Å². The molecule has 0 spiro atoms. The van der Waals surface area contributed by atoms with E-state index < -0.39 is 0 Å². The highest BCUT2D eigenvalue weighted by Crippen LogP contribution is 2.24. The molecule has 0 aliphatic rings. The van der Waals surface area contributed by atoms with E-state index in [1.165, 1.54) is 0 Å². The zero-order valence-electron chi connectivity index (χ0n) is 10.1. The van der Waals surface area contributed by atoms with Crippen LogP contribution in [0.15, 0.2) is 35.0 Å². The molecule has 4 nitrogen and oxygen atoms in total. The third-order valence-corrected chi connectivity index (χ3v) is 2.66. The van der Waals surface area contributed by atoms with Crippen molar-refractivity contribution in [1.82, 2.24) is 5.16 Å². The lowest BCUT2D eigenvalue weighted by atomic mass is 10.1. The van der Waals surface area contributed by atoms with Gasteiger partial charge in [0.15, 0.2) is 5.76 Å². The first kappa shape index (κ1) is 12.9. The molecule has 5 heteroatoms. The molecule has 0 aliphatic heterocycles. The third kappa shape index (κ3) is 3.48. The molecule has 1 aromatic heterocycles. The van der Waals surface area contributed by atoms with Crippen LogP contribution in [0.1, 0.15) is 18.2 Å². The van der Waals surface area contributed by atoms with Crippen LogP contribution in [-0.4, -0.2) is 11.2 Å². The first-order valence-electron chi connectivity index (χ1n) is 5.71. The zero-order valence-corrected chi connectivity index (χ0v) is 10.9. The van der Waals surface area contributed by atoms with Crippen molar-refractivity contribution in [2.24, 2.45) is 5.73 Å². The molecule has 0 bridgehead atoms. The van der Waals surface area contributed by atoms with E-state index in [1.807, 2.05) is 19.1 Å². The van der Waals surface area contributed by atoms with Crippen LogP contribution in [0.4, 0.5) is 0 Å². The number of nitrogens with two attached hydrogens (primary N) is 1. The van der Waals surface area contributed by atoms with Crippen LogP contribution in [0.25, 0.3) is 0 Å². The van der Waals surface area contributed by atoms with E-state index in [1.54, 1.807) is 18.3 Å². The molecule has 1 heterocycles. The molecule has 96 valence electrons.